The Balaban J connectivity index is 1.74. The van der Waals surface area contributed by atoms with Crippen LogP contribution in [0.1, 0.15) is 47.5 Å². The third kappa shape index (κ3) is 4.21. The number of nitrogens with one attached hydrogen (secondary N) is 1. The number of carbonyl (C=O) groups excluding carboxylic acids is 2. The lowest BCUT2D eigenvalue weighted by Crippen LogP contribution is -2.38. The molecule has 1 aromatic carbocycles. The lowest BCUT2D eigenvalue weighted by atomic mass is 9.99. The second-order valence-corrected chi connectivity index (χ2v) is 6.53. The van der Waals surface area contributed by atoms with Crippen LogP contribution in [0.5, 0.6) is 0 Å². The molecule has 0 spiro atoms. The van der Waals surface area contributed by atoms with E-state index in [0.29, 0.717) is 23.0 Å². The first-order chi connectivity index (χ1) is 12.0. The summed E-state index contributed by atoms with van der Waals surface area (Å²) in [4.78, 5) is 34.3. The fourth-order valence-electron chi connectivity index (χ4n) is 2.88. The van der Waals surface area contributed by atoms with E-state index in [1.807, 2.05) is 11.0 Å². The molecule has 0 aliphatic carbocycles. The molecule has 3 rings (SSSR count). The largest absolute Gasteiger partial charge is 0.340 e. The molecule has 2 heterocycles. The van der Waals surface area contributed by atoms with E-state index in [1.54, 1.807) is 24.3 Å². The monoisotopic (exact) mass is 338 g/mol. The molecule has 2 aromatic rings. The number of carbonyl (C=O) groups is 2. The van der Waals surface area contributed by atoms with Crippen molar-refractivity contribution in [1.29, 1.82) is 0 Å². The molecule has 0 saturated carbocycles. The Kier molecular flexibility index (Phi) is 5.07. The minimum Gasteiger partial charge on any atom is -0.340 e. The topological polar surface area (TPSA) is 75.2 Å². The number of rotatable bonds is 4. The number of Topliss-reactive ketones (excluding diaryl/α,β-unsaturated/α-hetero) is 1. The molecule has 1 amide bonds. The average molecular weight is 338 g/mol. The number of nitrogens with zero attached hydrogens (tertiary/aromatic N) is 3. The number of hydrogen-bond donors (Lipinski definition) is 1. The second kappa shape index (κ2) is 7.42. The van der Waals surface area contributed by atoms with Gasteiger partial charge in [-0.2, -0.15) is 0 Å². The van der Waals surface area contributed by atoms with Gasteiger partial charge in [-0.25, -0.2) is 9.97 Å². The summed E-state index contributed by atoms with van der Waals surface area (Å²) >= 11 is 0. The van der Waals surface area contributed by atoms with Crippen molar-refractivity contribution in [2.24, 2.45) is 5.92 Å². The molecule has 0 atom stereocenters. The van der Waals surface area contributed by atoms with Crippen LogP contribution in [0.4, 0.5) is 11.5 Å². The van der Waals surface area contributed by atoms with Crippen LogP contribution in [-0.4, -0.2) is 39.6 Å². The molecular weight excluding hydrogens is 316 g/mol. The van der Waals surface area contributed by atoms with Crippen molar-refractivity contribution in [3.05, 3.63) is 47.9 Å². The third-order valence-corrected chi connectivity index (χ3v) is 4.50. The molecule has 1 saturated heterocycles. The molecule has 6 heteroatoms. The van der Waals surface area contributed by atoms with Crippen LogP contribution < -0.4 is 5.32 Å². The predicted molar refractivity (Wildman–Crippen MR) is 96.1 cm³/mol. The lowest BCUT2D eigenvalue weighted by Gasteiger charge is -2.30. The molecule has 1 aliphatic heterocycles. The van der Waals surface area contributed by atoms with Gasteiger partial charge in [0.25, 0.3) is 5.91 Å². The molecule has 6 nitrogen and oxygen atoms in total. The molecule has 0 radical (unpaired) electrons. The molecule has 0 bridgehead atoms. The highest BCUT2D eigenvalue weighted by Crippen LogP contribution is 2.20. The number of aromatic nitrogens is 2. The highest BCUT2D eigenvalue weighted by molar-refractivity contribution is 5.95. The van der Waals surface area contributed by atoms with Gasteiger partial charge in [0.1, 0.15) is 17.8 Å². The van der Waals surface area contributed by atoms with Gasteiger partial charge in [-0.3, -0.25) is 9.59 Å². The van der Waals surface area contributed by atoms with Crippen molar-refractivity contribution in [2.45, 2.75) is 26.7 Å². The van der Waals surface area contributed by atoms with Gasteiger partial charge in [-0.05, 0) is 37.8 Å². The standard InChI is InChI=1S/C19H22N4O2/c1-13-6-8-23(9-7-13)19(25)17-11-18(21-12-20-17)22-16-5-3-4-15(10-16)14(2)24/h3-5,10-13H,6-9H2,1-2H3,(H,20,21,22). The van der Waals surface area contributed by atoms with E-state index >= 15 is 0 Å². The van der Waals surface area contributed by atoms with Crippen molar-refractivity contribution in [3.63, 3.8) is 0 Å². The number of piperidine rings is 1. The van der Waals surface area contributed by atoms with E-state index in [9.17, 15) is 9.59 Å². The fourth-order valence-corrected chi connectivity index (χ4v) is 2.88. The summed E-state index contributed by atoms with van der Waals surface area (Å²) in [5, 5.41) is 3.13. The molecule has 25 heavy (non-hydrogen) atoms. The van der Waals surface area contributed by atoms with E-state index in [-0.39, 0.29) is 11.7 Å². The van der Waals surface area contributed by atoms with Crippen molar-refractivity contribution < 1.29 is 9.59 Å². The maximum absolute atomic E-state index is 12.6. The quantitative estimate of drug-likeness (QED) is 0.866. The van der Waals surface area contributed by atoms with E-state index in [2.05, 4.69) is 22.2 Å². The van der Waals surface area contributed by atoms with Gasteiger partial charge in [-0.15, -0.1) is 0 Å². The number of ketones is 1. The first-order valence-corrected chi connectivity index (χ1v) is 8.52. The van der Waals surface area contributed by atoms with Gasteiger partial charge in [-0.1, -0.05) is 19.1 Å². The number of hydrogen-bond acceptors (Lipinski definition) is 5. The second-order valence-electron chi connectivity index (χ2n) is 6.53. The van der Waals surface area contributed by atoms with Crippen LogP contribution >= 0.6 is 0 Å². The van der Waals surface area contributed by atoms with Crippen LogP contribution in [0, 0.1) is 5.92 Å². The van der Waals surface area contributed by atoms with Crippen molar-refractivity contribution in [2.75, 3.05) is 18.4 Å². The Hall–Kier alpha value is -2.76. The smallest absolute Gasteiger partial charge is 0.272 e. The first kappa shape index (κ1) is 17.1. The minimum atomic E-state index is -0.0603. The first-order valence-electron chi connectivity index (χ1n) is 8.52. The molecule has 1 aliphatic rings. The van der Waals surface area contributed by atoms with Gasteiger partial charge in [0.05, 0.1) is 0 Å². The Morgan fingerprint density at radius 1 is 1.16 bits per heavy atom. The lowest BCUT2D eigenvalue weighted by molar-refractivity contribution is 0.0691. The summed E-state index contributed by atoms with van der Waals surface area (Å²) < 4.78 is 0. The summed E-state index contributed by atoms with van der Waals surface area (Å²) in [7, 11) is 0. The predicted octanol–water partition coefficient (Wildman–Crippen LogP) is 3.29. The number of amides is 1. The van der Waals surface area contributed by atoms with Crippen LogP contribution in [0.2, 0.25) is 0 Å². The SMILES string of the molecule is CC(=O)c1cccc(Nc2cc(C(=O)N3CCC(C)CC3)ncn2)c1. The van der Waals surface area contributed by atoms with Crippen molar-refractivity contribution in [3.8, 4) is 0 Å². The van der Waals surface area contributed by atoms with Crippen LogP contribution in [-0.2, 0) is 0 Å². The van der Waals surface area contributed by atoms with E-state index in [0.717, 1.165) is 31.6 Å². The highest BCUT2D eigenvalue weighted by Gasteiger charge is 2.22. The maximum Gasteiger partial charge on any atom is 0.272 e. The number of likely N-dealkylation sites (tertiary alicyclic amines) is 1. The summed E-state index contributed by atoms with van der Waals surface area (Å²) in [6.07, 6.45) is 3.44. The number of anilines is 2. The Morgan fingerprint density at radius 2 is 1.92 bits per heavy atom. The van der Waals surface area contributed by atoms with Crippen LogP contribution in [0.3, 0.4) is 0 Å². The van der Waals surface area contributed by atoms with E-state index in [4.69, 9.17) is 0 Å². The molecule has 1 fully saturated rings. The Bertz CT molecular complexity index is 782. The van der Waals surface area contributed by atoms with Gasteiger partial charge in [0.2, 0.25) is 0 Å². The van der Waals surface area contributed by atoms with E-state index < -0.39 is 0 Å². The van der Waals surface area contributed by atoms with Crippen molar-refractivity contribution in [1.82, 2.24) is 14.9 Å². The van der Waals surface area contributed by atoms with Crippen LogP contribution in [0.25, 0.3) is 0 Å². The summed E-state index contributed by atoms with van der Waals surface area (Å²) in [5.74, 6) is 1.14. The zero-order valence-electron chi connectivity index (χ0n) is 14.5. The molecule has 0 unspecified atom stereocenters. The highest BCUT2D eigenvalue weighted by atomic mass is 16.2. The normalized spacial score (nSPS) is 15.0. The van der Waals surface area contributed by atoms with Crippen molar-refractivity contribution >= 4 is 23.2 Å². The summed E-state index contributed by atoms with van der Waals surface area (Å²) in [5.41, 5.74) is 1.75. The molecule has 1 N–H and O–H groups in total. The molecular formula is C19H22N4O2. The Morgan fingerprint density at radius 3 is 2.64 bits per heavy atom. The zero-order chi connectivity index (χ0) is 17.8. The van der Waals surface area contributed by atoms with Gasteiger partial charge in [0, 0.05) is 30.4 Å². The zero-order valence-corrected chi connectivity index (χ0v) is 14.5. The molecule has 1 aromatic heterocycles. The third-order valence-electron chi connectivity index (χ3n) is 4.50. The Labute approximate surface area is 147 Å². The van der Waals surface area contributed by atoms with Gasteiger partial charge < -0.3 is 10.2 Å². The van der Waals surface area contributed by atoms with Gasteiger partial charge in [0.15, 0.2) is 5.78 Å². The maximum atomic E-state index is 12.6. The number of benzene rings is 1. The fraction of sp³-hybridized carbons (Fsp3) is 0.368. The summed E-state index contributed by atoms with van der Waals surface area (Å²) in [6.45, 7) is 5.28. The molecule has 130 valence electrons. The average Bonchev–Trinajstić information content (AvgIpc) is 2.62. The van der Waals surface area contributed by atoms with Gasteiger partial charge >= 0.3 is 0 Å². The van der Waals surface area contributed by atoms with E-state index in [1.165, 1.54) is 13.3 Å². The minimum absolute atomic E-state index is 0.00142. The summed E-state index contributed by atoms with van der Waals surface area (Å²) in [6, 6.07) is 8.84. The van der Waals surface area contributed by atoms with Crippen LogP contribution in [0.15, 0.2) is 36.7 Å².